The SMILES string of the molecule is Nc1ccc(N2CCN(Cc3ccc(Br)s3)CC2)nc1. The van der Waals surface area contributed by atoms with Crippen molar-refractivity contribution in [1.29, 1.82) is 0 Å². The Hall–Kier alpha value is -1.11. The molecule has 4 nitrogen and oxygen atoms in total. The van der Waals surface area contributed by atoms with Gasteiger partial charge in [-0.1, -0.05) is 0 Å². The highest BCUT2D eigenvalue weighted by molar-refractivity contribution is 9.11. The first-order valence-corrected chi connectivity index (χ1v) is 8.25. The molecule has 0 spiro atoms. The maximum Gasteiger partial charge on any atom is 0.128 e. The van der Waals surface area contributed by atoms with Crippen LogP contribution < -0.4 is 10.6 Å². The van der Waals surface area contributed by atoms with E-state index in [9.17, 15) is 0 Å². The summed E-state index contributed by atoms with van der Waals surface area (Å²) in [6.07, 6.45) is 1.73. The number of piperazine rings is 1. The van der Waals surface area contributed by atoms with Gasteiger partial charge in [0.2, 0.25) is 0 Å². The lowest BCUT2D eigenvalue weighted by atomic mass is 10.3. The lowest BCUT2D eigenvalue weighted by Crippen LogP contribution is -2.46. The summed E-state index contributed by atoms with van der Waals surface area (Å²) in [5, 5.41) is 0. The largest absolute Gasteiger partial charge is 0.397 e. The lowest BCUT2D eigenvalue weighted by molar-refractivity contribution is 0.251. The van der Waals surface area contributed by atoms with Crippen LogP contribution in [-0.2, 0) is 6.54 Å². The minimum atomic E-state index is 0.718. The standard InChI is InChI=1S/C14H17BrN4S/c15-13-3-2-12(20-13)10-18-5-7-19(8-6-18)14-4-1-11(16)9-17-14/h1-4,9H,5-8,10,16H2. The molecule has 3 rings (SSSR count). The van der Waals surface area contributed by atoms with Gasteiger partial charge in [-0.2, -0.15) is 0 Å². The van der Waals surface area contributed by atoms with Crippen LogP contribution in [0.25, 0.3) is 0 Å². The monoisotopic (exact) mass is 352 g/mol. The Morgan fingerprint density at radius 2 is 1.95 bits per heavy atom. The molecular formula is C14H17BrN4S. The first-order chi connectivity index (χ1) is 9.70. The molecule has 6 heteroatoms. The van der Waals surface area contributed by atoms with E-state index in [1.807, 2.05) is 23.5 Å². The number of hydrogen-bond donors (Lipinski definition) is 1. The van der Waals surface area contributed by atoms with Gasteiger partial charge in [0.25, 0.3) is 0 Å². The van der Waals surface area contributed by atoms with Crippen molar-refractivity contribution in [2.75, 3.05) is 36.8 Å². The quantitative estimate of drug-likeness (QED) is 0.922. The first-order valence-electron chi connectivity index (χ1n) is 6.64. The maximum atomic E-state index is 5.67. The fourth-order valence-electron chi connectivity index (χ4n) is 2.38. The highest BCUT2D eigenvalue weighted by Crippen LogP contribution is 2.24. The summed E-state index contributed by atoms with van der Waals surface area (Å²) in [7, 11) is 0. The molecule has 2 aromatic rings. The van der Waals surface area contributed by atoms with Gasteiger partial charge in [0, 0.05) is 37.6 Å². The summed E-state index contributed by atoms with van der Waals surface area (Å²) in [6.45, 7) is 5.22. The van der Waals surface area contributed by atoms with Crippen LogP contribution in [0.1, 0.15) is 4.88 Å². The molecule has 1 fully saturated rings. The number of aromatic nitrogens is 1. The van der Waals surface area contributed by atoms with Crippen LogP contribution in [0.15, 0.2) is 34.2 Å². The van der Waals surface area contributed by atoms with Crippen molar-refractivity contribution in [3.05, 3.63) is 39.1 Å². The number of thiophene rings is 1. The van der Waals surface area contributed by atoms with Crippen molar-refractivity contribution in [2.24, 2.45) is 0 Å². The van der Waals surface area contributed by atoms with Crippen LogP contribution in [0.3, 0.4) is 0 Å². The summed E-state index contributed by atoms with van der Waals surface area (Å²) in [6, 6.07) is 8.23. The summed E-state index contributed by atoms with van der Waals surface area (Å²) in [5.74, 6) is 1.03. The molecule has 20 heavy (non-hydrogen) atoms. The second-order valence-corrected chi connectivity index (χ2v) is 7.47. The van der Waals surface area contributed by atoms with E-state index in [1.54, 1.807) is 6.20 Å². The molecule has 2 aromatic heterocycles. The Balaban J connectivity index is 1.55. The molecule has 0 radical (unpaired) electrons. The third kappa shape index (κ3) is 3.31. The molecular weight excluding hydrogens is 336 g/mol. The third-order valence-corrected chi connectivity index (χ3v) is 5.08. The van der Waals surface area contributed by atoms with Gasteiger partial charge in [0.05, 0.1) is 15.7 Å². The summed E-state index contributed by atoms with van der Waals surface area (Å²) in [4.78, 5) is 10.6. The zero-order valence-corrected chi connectivity index (χ0v) is 13.5. The van der Waals surface area contributed by atoms with Gasteiger partial charge >= 0.3 is 0 Å². The molecule has 1 aliphatic rings. The zero-order chi connectivity index (χ0) is 13.9. The number of rotatable bonds is 3. The Bertz CT molecular complexity index is 561. The molecule has 2 N–H and O–H groups in total. The van der Waals surface area contributed by atoms with Crippen molar-refractivity contribution < 1.29 is 0 Å². The molecule has 0 unspecified atom stereocenters. The predicted octanol–water partition coefficient (Wildman–Crippen LogP) is 2.81. The maximum absolute atomic E-state index is 5.67. The van der Waals surface area contributed by atoms with E-state index in [1.165, 1.54) is 8.66 Å². The highest BCUT2D eigenvalue weighted by Gasteiger charge is 2.18. The molecule has 1 aliphatic heterocycles. The van der Waals surface area contributed by atoms with E-state index in [-0.39, 0.29) is 0 Å². The van der Waals surface area contributed by atoms with E-state index < -0.39 is 0 Å². The van der Waals surface area contributed by atoms with Crippen LogP contribution in [0.5, 0.6) is 0 Å². The zero-order valence-electron chi connectivity index (χ0n) is 11.1. The van der Waals surface area contributed by atoms with E-state index in [0.29, 0.717) is 0 Å². The van der Waals surface area contributed by atoms with Crippen LogP contribution >= 0.6 is 27.3 Å². The molecule has 0 aromatic carbocycles. The summed E-state index contributed by atoms with van der Waals surface area (Å²) < 4.78 is 1.21. The minimum Gasteiger partial charge on any atom is -0.397 e. The average Bonchev–Trinajstić information content (AvgIpc) is 2.86. The minimum absolute atomic E-state index is 0.718. The van der Waals surface area contributed by atoms with Crippen molar-refractivity contribution in [3.63, 3.8) is 0 Å². The van der Waals surface area contributed by atoms with Gasteiger partial charge in [-0.05, 0) is 40.2 Å². The molecule has 3 heterocycles. The molecule has 0 atom stereocenters. The second kappa shape index (κ2) is 6.11. The van der Waals surface area contributed by atoms with Gasteiger partial charge in [0.1, 0.15) is 5.82 Å². The number of anilines is 2. The number of nitrogens with two attached hydrogens (primary N) is 1. The van der Waals surface area contributed by atoms with Crippen LogP contribution in [0.2, 0.25) is 0 Å². The van der Waals surface area contributed by atoms with E-state index in [2.05, 4.69) is 42.8 Å². The molecule has 0 aliphatic carbocycles. The lowest BCUT2D eigenvalue weighted by Gasteiger charge is -2.35. The number of halogens is 1. The normalized spacial score (nSPS) is 16.6. The molecule has 0 bridgehead atoms. The van der Waals surface area contributed by atoms with E-state index in [4.69, 9.17) is 5.73 Å². The van der Waals surface area contributed by atoms with Crippen LogP contribution in [0, 0.1) is 0 Å². The third-order valence-electron chi connectivity index (χ3n) is 3.48. The predicted molar refractivity (Wildman–Crippen MR) is 88.2 cm³/mol. The van der Waals surface area contributed by atoms with E-state index >= 15 is 0 Å². The van der Waals surface area contributed by atoms with Crippen molar-refractivity contribution in [1.82, 2.24) is 9.88 Å². The van der Waals surface area contributed by atoms with Crippen LogP contribution in [-0.4, -0.2) is 36.1 Å². The fraction of sp³-hybridized carbons (Fsp3) is 0.357. The van der Waals surface area contributed by atoms with Gasteiger partial charge in [-0.3, -0.25) is 4.90 Å². The first kappa shape index (κ1) is 13.9. The molecule has 0 amide bonds. The summed E-state index contributed by atoms with van der Waals surface area (Å²) >= 11 is 5.33. The number of nitrogens with zero attached hydrogens (tertiary/aromatic N) is 3. The van der Waals surface area contributed by atoms with E-state index in [0.717, 1.165) is 44.2 Å². The summed E-state index contributed by atoms with van der Waals surface area (Å²) in [5.41, 5.74) is 6.39. The van der Waals surface area contributed by atoms with Gasteiger partial charge < -0.3 is 10.6 Å². The van der Waals surface area contributed by atoms with Gasteiger partial charge in [-0.15, -0.1) is 11.3 Å². The Kier molecular flexibility index (Phi) is 4.24. The Morgan fingerprint density at radius 1 is 1.15 bits per heavy atom. The van der Waals surface area contributed by atoms with Gasteiger partial charge in [0.15, 0.2) is 0 Å². The number of hydrogen-bond acceptors (Lipinski definition) is 5. The number of nitrogen functional groups attached to an aromatic ring is 1. The highest BCUT2D eigenvalue weighted by atomic mass is 79.9. The van der Waals surface area contributed by atoms with Crippen LogP contribution in [0.4, 0.5) is 11.5 Å². The Labute approximate surface area is 131 Å². The molecule has 0 saturated carbocycles. The smallest absolute Gasteiger partial charge is 0.128 e. The Morgan fingerprint density at radius 3 is 2.55 bits per heavy atom. The number of pyridine rings is 1. The van der Waals surface area contributed by atoms with Crippen molar-refractivity contribution >= 4 is 38.8 Å². The molecule has 106 valence electrons. The fourth-order valence-corrected chi connectivity index (χ4v) is 3.90. The second-order valence-electron chi connectivity index (χ2n) is 4.92. The van der Waals surface area contributed by atoms with Crippen molar-refractivity contribution in [2.45, 2.75) is 6.54 Å². The molecule has 1 saturated heterocycles. The topological polar surface area (TPSA) is 45.4 Å². The average molecular weight is 353 g/mol. The van der Waals surface area contributed by atoms with Crippen molar-refractivity contribution in [3.8, 4) is 0 Å². The van der Waals surface area contributed by atoms with Gasteiger partial charge in [-0.25, -0.2) is 4.98 Å².